The van der Waals surface area contributed by atoms with Crippen LogP contribution in [0.5, 0.6) is 5.75 Å². The lowest BCUT2D eigenvalue weighted by Gasteiger charge is -2.14. The molecule has 3 rings (SSSR count). The number of carbonyl (C=O) groups excluding carboxylic acids is 1. The number of nitrogens with one attached hydrogen (secondary N) is 1. The van der Waals surface area contributed by atoms with Crippen LogP contribution in [-0.4, -0.2) is 10.2 Å². The maximum absolute atomic E-state index is 13.1. The molecule has 2 aromatic rings. The minimum absolute atomic E-state index is 0.0587. The van der Waals surface area contributed by atoms with Crippen molar-refractivity contribution < 1.29 is 22.7 Å². The monoisotopic (exact) mass is 421 g/mol. The number of thiocarbonyl (C=S) groups is 1. The molecule has 28 heavy (non-hydrogen) atoms. The smallest absolute Gasteiger partial charge is 0.416 e. The predicted molar refractivity (Wildman–Crippen MR) is 108 cm³/mol. The van der Waals surface area contributed by atoms with Crippen LogP contribution in [0.2, 0.25) is 0 Å². The lowest BCUT2D eigenvalue weighted by atomic mass is 10.1. The number of carbonyl (C=O) groups is 1. The summed E-state index contributed by atoms with van der Waals surface area (Å²) in [5.74, 6) is 0.182. The molecule has 0 unspecified atom stereocenters. The molecule has 0 aromatic heterocycles. The normalized spacial score (nSPS) is 16.0. The molecule has 144 valence electrons. The van der Waals surface area contributed by atoms with Crippen molar-refractivity contribution in [2.24, 2.45) is 0 Å². The molecule has 1 heterocycles. The zero-order valence-electron chi connectivity index (χ0n) is 14.3. The van der Waals surface area contributed by atoms with Crippen LogP contribution in [0.1, 0.15) is 16.7 Å². The Kier molecular flexibility index (Phi) is 6.21. The molecule has 1 aliphatic rings. The summed E-state index contributed by atoms with van der Waals surface area (Å²) in [7, 11) is 0. The first-order valence-electron chi connectivity index (χ1n) is 8.13. The van der Waals surface area contributed by atoms with Gasteiger partial charge in [0.15, 0.2) is 0 Å². The van der Waals surface area contributed by atoms with Crippen LogP contribution in [-0.2, 0) is 17.6 Å². The molecule has 0 radical (unpaired) electrons. The fourth-order valence-electron chi connectivity index (χ4n) is 2.50. The number of rotatable bonds is 5. The van der Waals surface area contributed by atoms with Crippen molar-refractivity contribution in [3.63, 3.8) is 0 Å². The molecule has 0 aliphatic carbocycles. The lowest BCUT2D eigenvalue weighted by Crippen LogP contribution is -2.17. The maximum Gasteiger partial charge on any atom is 0.416 e. The number of para-hydroxylation sites is 1. The van der Waals surface area contributed by atoms with Gasteiger partial charge in [-0.15, -0.1) is 0 Å². The third-order valence-electron chi connectivity index (χ3n) is 3.79. The van der Waals surface area contributed by atoms with Crippen molar-refractivity contribution in [3.8, 4) is 5.75 Å². The highest BCUT2D eigenvalue weighted by atomic mass is 32.2. The summed E-state index contributed by atoms with van der Waals surface area (Å²) < 4.78 is 45.4. The molecule has 1 amide bonds. The summed E-state index contributed by atoms with van der Waals surface area (Å²) in [6.45, 7) is -0.214. The first-order chi connectivity index (χ1) is 13.3. The van der Waals surface area contributed by atoms with E-state index in [0.29, 0.717) is 20.5 Å². The number of benzene rings is 2. The van der Waals surface area contributed by atoms with Gasteiger partial charge in [0.1, 0.15) is 16.7 Å². The van der Waals surface area contributed by atoms with Crippen molar-refractivity contribution >= 4 is 40.3 Å². The van der Waals surface area contributed by atoms with Gasteiger partial charge < -0.3 is 10.1 Å². The van der Waals surface area contributed by atoms with Gasteiger partial charge in [0.25, 0.3) is 5.91 Å². The molecule has 2 aromatic carbocycles. The van der Waals surface area contributed by atoms with Gasteiger partial charge in [0, 0.05) is 11.1 Å². The highest BCUT2D eigenvalue weighted by Gasteiger charge is 2.33. The standard InChI is InChI=1S/C20H14F3NO2S2/c21-20(22,23)15-9-3-1-7-14(15)12-26-16-10-4-2-6-13(16)8-5-11-17-18(25)24-19(27)28-17/h1-11H,12H2,(H,24,25,27)/b8-5+,17-11-. The van der Waals surface area contributed by atoms with E-state index in [1.54, 1.807) is 48.6 Å². The SMILES string of the molecule is O=C1NC(=S)S/C1=C\C=C\c1ccccc1OCc1ccccc1C(F)(F)F. The summed E-state index contributed by atoms with van der Waals surface area (Å²) in [5.41, 5.74) is 0.0197. The summed E-state index contributed by atoms with van der Waals surface area (Å²) >= 11 is 6.09. The number of hydrogen-bond acceptors (Lipinski definition) is 4. The Bertz CT molecular complexity index is 968. The fourth-order valence-corrected chi connectivity index (χ4v) is 3.50. The van der Waals surface area contributed by atoms with Crippen LogP contribution in [0.25, 0.3) is 6.08 Å². The zero-order valence-corrected chi connectivity index (χ0v) is 16.0. The summed E-state index contributed by atoms with van der Waals surface area (Å²) in [6.07, 6.45) is 0.565. The summed E-state index contributed by atoms with van der Waals surface area (Å²) in [6, 6.07) is 12.3. The number of allylic oxidation sites excluding steroid dienone is 2. The average molecular weight is 421 g/mol. The highest BCUT2D eigenvalue weighted by molar-refractivity contribution is 8.26. The number of thioether (sulfide) groups is 1. The van der Waals surface area contributed by atoms with E-state index >= 15 is 0 Å². The van der Waals surface area contributed by atoms with Gasteiger partial charge in [-0.1, -0.05) is 72.5 Å². The Balaban J connectivity index is 1.75. The predicted octanol–water partition coefficient (Wildman–Crippen LogP) is 5.33. The molecule has 0 bridgehead atoms. The molecule has 1 fully saturated rings. The van der Waals surface area contributed by atoms with E-state index in [-0.39, 0.29) is 18.1 Å². The molecule has 0 spiro atoms. The highest BCUT2D eigenvalue weighted by Crippen LogP contribution is 2.32. The first kappa shape index (κ1) is 20.2. The molecule has 0 saturated carbocycles. The number of hydrogen-bond donors (Lipinski definition) is 1. The molecule has 1 N–H and O–H groups in total. The molecule has 1 saturated heterocycles. The van der Waals surface area contributed by atoms with E-state index in [4.69, 9.17) is 17.0 Å². The van der Waals surface area contributed by atoms with E-state index in [2.05, 4.69) is 5.32 Å². The Hall–Kier alpha value is -2.58. The number of amides is 1. The Morgan fingerprint density at radius 2 is 1.82 bits per heavy atom. The molecular formula is C20H14F3NO2S2. The summed E-state index contributed by atoms with van der Waals surface area (Å²) in [4.78, 5) is 12.1. The number of halogens is 3. The van der Waals surface area contributed by atoms with Gasteiger partial charge in [0.2, 0.25) is 0 Å². The van der Waals surface area contributed by atoms with Crippen LogP contribution >= 0.6 is 24.0 Å². The van der Waals surface area contributed by atoms with Gasteiger partial charge in [-0.25, -0.2) is 0 Å². The third-order valence-corrected chi connectivity index (χ3v) is 4.97. The van der Waals surface area contributed by atoms with Crippen LogP contribution in [0.4, 0.5) is 13.2 Å². The molecule has 8 heteroatoms. The maximum atomic E-state index is 13.1. The van der Waals surface area contributed by atoms with Crippen LogP contribution in [0.3, 0.4) is 0 Å². The Morgan fingerprint density at radius 1 is 1.11 bits per heavy atom. The van der Waals surface area contributed by atoms with E-state index < -0.39 is 11.7 Å². The van der Waals surface area contributed by atoms with E-state index in [9.17, 15) is 18.0 Å². The van der Waals surface area contributed by atoms with Gasteiger partial charge in [-0.05, 0) is 18.2 Å². The van der Waals surface area contributed by atoms with Gasteiger partial charge >= 0.3 is 6.18 Å². The molecule has 3 nitrogen and oxygen atoms in total. The van der Waals surface area contributed by atoms with Crippen molar-refractivity contribution in [1.82, 2.24) is 5.32 Å². The largest absolute Gasteiger partial charge is 0.488 e. The van der Waals surface area contributed by atoms with E-state index in [1.807, 2.05) is 0 Å². The summed E-state index contributed by atoms with van der Waals surface area (Å²) in [5, 5.41) is 2.52. The van der Waals surface area contributed by atoms with E-state index in [0.717, 1.165) is 6.07 Å². The number of ether oxygens (including phenoxy) is 1. The van der Waals surface area contributed by atoms with Gasteiger partial charge in [0.05, 0.1) is 10.5 Å². The van der Waals surface area contributed by atoms with Gasteiger partial charge in [-0.3, -0.25) is 4.79 Å². The second kappa shape index (κ2) is 8.62. The topological polar surface area (TPSA) is 38.3 Å². The Labute approximate surface area is 169 Å². The van der Waals surface area contributed by atoms with Gasteiger partial charge in [-0.2, -0.15) is 13.2 Å². The molecule has 1 aliphatic heterocycles. The van der Waals surface area contributed by atoms with E-state index in [1.165, 1.54) is 23.9 Å². The van der Waals surface area contributed by atoms with Crippen molar-refractivity contribution in [2.75, 3.05) is 0 Å². The van der Waals surface area contributed by atoms with Crippen molar-refractivity contribution in [1.29, 1.82) is 0 Å². The van der Waals surface area contributed by atoms with Crippen LogP contribution in [0.15, 0.2) is 65.6 Å². The second-order valence-corrected chi connectivity index (χ2v) is 7.43. The van der Waals surface area contributed by atoms with Crippen LogP contribution < -0.4 is 10.1 Å². The molecule has 0 atom stereocenters. The Morgan fingerprint density at radius 3 is 2.54 bits per heavy atom. The number of alkyl halides is 3. The fraction of sp³-hybridized carbons (Fsp3) is 0.100. The first-order valence-corrected chi connectivity index (χ1v) is 9.35. The second-order valence-electron chi connectivity index (χ2n) is 5.72. The average Bonchev–Trinajstić information content (AvgIpc) is 2.97. The molecular weight excluding hydrogens is 407 g/mol. The van der Waals surface area contributed by atoms with Crippen molar-refractivity contribution in [2.45, 2.75) is 12.8 Å². The lowest BCUT2D eigenvalue weighted by molar-refractivity contribution is -0.138. The quantitative estimate of drug-likeness (QED) is 0.523. The van der Waals surface area contributed by atoms with Crippen molar-refractivity contribution in [3.05, 3.63) is 82.3 Å². The minimum Gasteiger partial charge on any atom is -0.488 e. The third kappa shape index (κ3) is 5.02. The zero-order chi connectivity index (χ0) is 20.1. The van der Waals surface area contributed by atoms with Crippen LogP contribution in [0, 0.1) is 0 Å². The minimum atomic E-state index is -4.44.